The summed E-state index contributed by atoms with van der Waals surface area (Å²) in [5, 5.41) is 2.52. The number of thiophene rings is 1. The Morgan fingerprint density at radius 3 is 3.16 bits per heavy atom. The molecule has 1 aliphatic heterocycles. The summed E-state index contributed by atoms with van der Waals surface area (Å²) in [7, 11) is 1.42. The fraction of sp³-hybridized carbons (Fsp3) is 0.385. The third-order valence-electron chi connectivity index (χ3n) is 3.44. The van der Waals surface area contributed by atoms with E-state index in [-0.39, 0.29) is 11.9 Å². The van der Waals surface area contributed by atoms with E-state index in [1.54, 1.807) is 11.3 Å². The van der Waals surface area contributed by atoms with E-state index in [1.807, 2.05) is 17.5 Å². The van der Waals surface area contributed by atoms with E-state index in [2.05, 4.69) is 9.55 Å². The minimum Gasteiger partial charge on any atom is -0.469 e. The van der Waals surface area contributed by atoms with Crippen molar-refractivity contribution < 1.29 is 9.53 Å². The molecule has 0 N–H and O–H groups in total. The fourth-order valence-electron chi connectivity index (χ4n) is 2.47. The highest BCUT2D eigenvalue weighted by atomic mass is 35.5. The lowest BCUT2D eigenvalue weighted by Crippen LogP contribution is -2.26. The minimum atomic E-state index is -0.166. The number of methoxy groups -OCH3 is 1. The molecule has 6 heteroatoms. The topological polar surface area (TPSA) is 44.1 Å². The summed E-state index contributed by atoms with van der Waals surface area (Å²) in [6.07, 6.45) is 1.37. The van der Waals surface area contributed by atoms with Crippen molar-refractivity contribution in [2.75, 3.05) is 7.11 Å². The molecule has 2 aromatic heterocycles. The number of nitrogens with zero attached hydrogens (tertiary/aromatic N) is 2. The molecular formula is C13H13ClN2O2S. The van der Waals surface area contributed by atoms with Crippen molar-refractivity contribution in [3.8, 4) is 10.7 Å². The van der Waals surface area contributed by atoms with Crippen LogP contribution in [0.5, 0.6) is 0 Å². The number of imidazole rings is 1. The lowest BCUT2D eigenvalue weighted by molar-refractivity contribution is -0.146. The van der Waals surface area contributed by atoms with Crippen molar-refractivity contribution in [3.05, 3.63) is 28.4 Å². The number of ether oxygens (including phenoxy) is 1. The molecule has 0 saturated carbocycles. The first-order valence-electron chi connectivity index (χ1n) is 6.07. The minimum absolute atomic E-state index is 0.108. The molecule has 0 aliphatic carbocycles. The molecule has 0 saturated heterocycles. The maximum atomic E-state index is 11.6. The first-order valence-corrected chi connectivity index (χ1v) is 7.33. The van der Waals surface area contributed by atoms with Crippen molar-refractivity contribution in [1.82, 2.24) is 9.55 Å². The van der Waals surface area contributed by atoms with E-state index in [0.717, 1.165) is 29.4 Å². The normalized spacial score (nSPS) is 18.1. The van der Waals surface area contributed by atoms with Gasteiger partial charge in [0.05, 0.1) is 23.6 Å². The second-order valence-corrected chi connectivity index (χ2v) is 5.82. The smallest absolute Gasteiger partial charge is 0.309 e. The van der Waals surface area contributed by atoms with Crippen LogP contribution in [0, 0.1) is 5.92 Å². The van der Waals surface area contributed by atoms with Gasteiger partial charge < -0.3 is 9.30 Å². The monoisotopic (exact) mass is 296 g/mol. The highest BCUT2D eigenvalue weighted by Crippen LogP contribution is 2.34. The van der Waals surface area contributed by atoms with Crippen LogP contribution in [0.25, 0.3) is 10.7 Å². The van der Waals surface area contributed by atoms with Gasteiger partial charge in [-0.3, -0.25) is 4.79 Å². The molecule has 1 aliphatic rings. The van der Waals surface area contributed by atoms with Gasteiger partial charge in [-0.15, -0.1) is 11.3 Å². The van der Waals surface area contributed by atoms with Crippen LogP contribution in [0.15, 0.2) is 17.5 Å². The number of fused-ring (bicyclic) bond motifs is 1. The molecule has 19 heavy (non-hydrogen) atoms. The molecule has 0 radical (unpaired) electrons. The average molecular weight is 297 g/mol. The van der Waals surface area contributed by atoms with Gasteiger partial charge >= 0.3 is 5.97 Å². The maximum absolute atomic E-state index is 11.6. The van der Waals surface area contributed by atoms with Crippen molar-refractivity contribution >= 4 is 28.9 Å². The SMILES string of the molecule is COC(=O)C1CCn2c(-c3cccs3)nc(Cl)c2C1. The summed E-state index contributed by atoms with van der Waals surface area (Å²) >= 11 is 7.85. The zero-order valence-corrected chi connectivity index (χ0v) is 12.0. The highest BCUT2D eigenvalue weighted by molar-refractivity contribution is 7.13. The van der Waals surface area contributed by atoms with Crippen LogP contribution in [0.1, 0.15) is 12.1 Å². The first-order chi connectivity index (χ1) is 9.20. The number of hydrogen-bond donors (Lipinski definition) is 0. The summed E-state index contributed by atoms with van der Waals surface area (Å²) in [6.45, 7) is 0.752. The van der Waals surface area contributed by atoms with Gasteiger partial charge in [-0.2, -0.15) is 0 Å². The van der Waals surface area contributed by atoms with Gasteiger partial charge in [0.15, 0.2) is 11.0 Å². The van der Waals surface area contributed by atoms with Crippen molar-refractivity contribution in [2.45, 2.75) is 19.4 Å². The Kier molecular flexibility index (Phi) is 3.33. The molecule has 2 aromatic rings. The zero-order chi connectivity index (χ0) is 13.4. The van der Waals surface area contributed by atoms with Gasteiger partial charge in [-0.1, -0.05) is 17.7 Å². The maximum Gasteiger partial charge on any atom is 0.309 e. The second kappa shape index (κ2) is 4.98. The quantitative estimate of drug-likeness (QED) is 0.800. The van der Waals surface area contributed by atoms with Crippen molar-refractivity contribution in [2.24, 2.45) is 5.92 Å². The van der Waals surface area contributed by atoms with E-state index in [0.29, 0.717) is 11.6 Å². The Bertz CT molecular complexity index is 606. The molecule has 0 amide bonds. The molecule has 3 rings (SSSR count). The van der Waals surface area contributed by atoms with E-state index < -0.39 is 0 Å². The highest BCUT2D eigenvalue weighted by Gasteiger charge is 2.30. The largest absolute Gasteiger partial charge is 0.469 e. The summed E-state index contributed by atoms with van der Waals surface area (Å²) in [6, 6.07) is 4.03. The van der Waals surface area contributed by atoms with Crippen LogP contribution in [-0.2, 0) is 22.5 Å². The Hall–Kier alpha value is -1.33. The summed E-state index contributed by atoms with van der Waals surface area (Å²) < 4.78 is 6.93. The van der Waals surface area contributed by atoms with E-state index in [4.69, 9.17) is 16.3 Å². The number of hydrogen-bond acceptors (Lipinski definition) is 4. The zero-order valence-electron chi connectivity index (χ0n) is 10.4. The van der Waals surface area contributed by atoms with Crippen LogP contribution in [0.3, 0.4) is 0 Å². The molecule has 1 unspecified atom stereocenters. The number of rotatable bonds is 2. The molecule has 0 fully saturated rings. The number of carbonyl (C=O) groups is 1. The Morgan fingerprint density at radius 1 is 1.63 bits per heavy atom. The predicted molar refractivity (Wildman–Crippen MR) is 74.4 cm³/mol. The average Bonchev–Trinajstić information content (AvgIpc) is 3.06. The van der Waals surface area contributed by atoms with Gasteiger partial charge in [0.1, 0.15) is 0 Å². The van der Waals surface area contributed by atoms with Gasteiger partial charge in [-0.05, 0) is 17.9 Å². The van der Waals surface area contributed by atoms with Crippen LogP contribution >= 0.6 is 22.9 Å². The number of aromatic nitrogens is 2. The Labute approximate surface area is 120 Å². The van der Waals surface area contributed by atoms with Gasteiger partial charge in [0, 0.05) is 13.0 Å². The van der Waals surface area contributed by atoms with Crippen molar-refractivity contribution in [1.29, 1.82) is 0 Å². The number of carbonyl (C=O) groups excluding carboxylic acids is 1. The molecule has 3 heterocycles. The Morgan fingerprint density at radius 2 is 2.47 bits per heavy atom. The van der Waals surface area contributed by atoms with E-state index in [1.165, 1.54) is 7.11 Å². The Balaban J connectivity index is 1.97. The van der Waals surface area contributed by atoms with Crippen molar-refractivity contribution in [3.63, 3.8) is 0 Å². The van der Waals surface area contributed by atoms with Gasteiger partial charge in [-0.25, -0.2) is 4.98 Å². The molecule has 100 valence electrons. The number of esters is 1. The summed E-state index contributed by atoms with van der Waals surface area (Å²) in [5.41, 5.74) is 0.937. The first kappa shape index (κ1) is 12.7. The number of halogens is 1. The third-order valence-corrected chi connectivity index (χ3v) is 4.61. The molecule has 0 spiro atoms. The predicted octanol–water partition coefficient (Wildman–Crippen LogP) is 3.00. The van der Waals surface area contributed by atoms with Gasteiger partial charge in [0.25, 0.3) is 0 Å². The van der Waals surface area contributed by atoms with Crippen LogP contribution in [-0.4, -0.2) is 22.6 Å². The summed E-state index contributed by atoms with van der Waals surface area (Å²) in [5.74, 6) is 0.627. The summed E-state index contributed by atoms with van der Waals surface area (Å²) in [4.78, 5) is 17.2. The van der Waals surface area contributed by atoms with Crippen LogP contribution in [0.2, 0.25) is 5.15 Å². The molecule has 0 aromatic carbocycles. The third kappa shape index (κ3) is 2.17. The second-order valence-electron chi connectivity index (χ2n) is 4.51. The molecule has 4 nitrogen and oxygen atoms in total. The lowest BCUT2D eigenvalue weighted by atomic mass is 9.96. The molecule has 1 atom stereocenters. The van der Waals surface area contributed by atoms with E-state index in [9.17, 15) is 4.79 Å². The fourth-order valence-corrected chi connectivity index (χ4v) is 3.46. The van der Waals surface area contributed by atoms with E-state index >= 15 is 0 Å². The van der Waals surface area contributed by atoms with Crippen LogP contribution in [0.4, 0.5) is 0 Å². The molecule has 0 bridgehead atoms. The molecular weight excluding hydrogens is 284 g/mol. The van der Waals surface area contributed by atoms with Gasteiger partial charge in [0.2, 0.25) is 0 Å². The standard InChI is InChI=1S/C13H13ClN2O2S/c1-18-13(17)8-4-5-16-9(7-8)11(14)15-12(16)10-3-2-6-19-10/h2-3,6,8H,4-5,7H2,1H3. The van der Waals surface area contributed by atoms with Crippen LogP contribution < -0.4 is 0 Å². The lowest BCUT2D eigenvalue weighted by Gasteiger charge is -2.23.